The van der Waals surface area contributed by atoms with Gasteiger partial charge in [-0.25, -0.2) is 9.07 Å². The fourth-order valence-corrected chi connectivity index (χ4v) is 5.01. The van der Waals surface area contributed by atoms with Crippen LogP contribution in [0.5, 0.6) is 5.75 Å². The maximum absolute atomic E-state index is 13.8. The average Bonchev–Trinajstić information content (AvgIpc) is 3.21. The van der Waals surface area contributed by atoms with E-state index in [1.165, 1.54) is 6.07 Å². The summed E-state index contributed by atoms with van der Waals surface area (Å²) < 4.78 is 21.3. The van der Waals surface area contributed by atoms with E-state index in [0.29, 0.717) is 37.3 Å². The molecule has 2 saturated heterocycles. The molecule has 0 aliphatic carbocycles. The molecule has 188 valence electrons. The van der Waals surface area contributed by atoms with Crippen LogP contribution in [-0.4, -0.2) is 81.2 Å². The molecule has 3 aliphatic rings. The number of β-amino-alcohol motifs (C(OH)–C–C–N with tert-alkyl or cyclic N) is 1. The van der Waals surface area contributed by atoms with E-state index in [2.05, 4.69) is 37.1 Å². The molecule has 0 bridgehead atoms. The van der Waals surface area contributed by atoms with Gasteiger partial charge in [-0.2, -0.15) is 15.1 Å². The number of halogens is 1. The van der Waals surface area contributed by atoms with Crippen molar-refractivity contribution in [1.82, 2.24) is 24.6 Å². The van der Waals surface area contributed by atoms with Gasteiger partial charge in [-0.05, 0) is 37.2 Å². The number of nitrogen functional groups attached to an aromatic ring is 1. The summed E-state index contributed by atoms with van der Waals surface area (Å²) in [5, 5.41) is 14.1. The molecule has 1 atom stereocenters. The number of ether oxygens (including phenoxy) is 1. The van der Waals surface area contributed by atoms with Gasteiger partial charge in [-0.3, -0.25) is 0 Å². The number of hydrogen-bond acceptors (Lipinski definition) is 9. The number of nitrogens with two attached hydrogens (primary N) is 1. The minimum atomic E-state index is -0.332. The predicted octanol–water partition coefficient (Wildman–Crippen LogP) is 1.51. The highest BCUT2D eigenvalue weighted by Crippen LogP contribution is 2.35. The lowest BCUT2D eigenvalue weighted by Crippen LogP contribution is -2.55. The van der Waals surface area contributed by atoms with Crippen LogP contribution in [0.15, 0.2) is 42.7 Å². The van der Waals surface area contributed by atoms with Crippen molar-refractivity contribution in [2.75, 3.05) is 54.9 Å². The number of benzene rings is 1. The number of aliphatic hydroxyl groups is 1. The van der Waals surface area contributed by atoms with Gasteiger partial charge in [0.15, 0.2) is 0 Å². The minimum absolute atomic E-state index is 0.185. The Morgan fingerprint density at radius 1 is 1.19 bits per heavy atom. The van der Waals surface area contributed by atoms with E-state index >= 15 is 0 Å². The summed E-state index contributed by atoms with van der Waals surface area (Å²) in [5.74, 6) is 1.99. The zero-order chi connectivity index (χ0) is 24.8. The number of hydrogen-bond donors (Lipinski definition) is 2. The Kier molecular flexibility index (Phi) is 5.63. The maximum Gasteiger partial charge on any atom is 0.254 e. The number of aromatic nitrogens is 4. The van der Waals surface area contributed by atoms with Gasteiger partial charge in [0, 0.05) is 50.6 Å². The second kappa shape index (κ2) is 8.98. The van der Waals surface area contributed by atoms with Crippen LogP contribution in [0.2, 0.25) is 0 Å². The summed E-state index contributed by atoms with van der Waals surface area (Å²) in [6, 6.07) is 6.61. The maximum atomic E-state index is 13.8. The topological polar surface area (TPSA) is 109 Å². The Bertz CT molecular complexity index is 1310. The van der Waals surface area contributed by atoms with E-state index in [4.69, 9.17) is 10.5 Å². The van der Waals surface area contributed by atoms with Crippen LogP contribution >= 0.6 is 0 Å². The Morgan fingerprint density at radius 3 is 2.89 bits per heavy atom. The molecule has 6 rings (SSSR count). The number of allylic oxidation sites excluding steroid dienone is 1. The van der Waals surface area contributed by atoms with Crippen LogP contribution in [0, 0.1) is 12.7 Å². The Hall–Kier alpha value is -3.86. The molecular formula is C25H29FN8O2. The van der Waals surface area contributed by atoms with Crippen molar-refractivity contribution >= 4 is 17.3 Å². The Morgan fingerprint density at radius 2 is 2.06 bits per heavy atom. The number of aliphatic hydroxyl groups excluding tert-OH is 1. The predicted molar refractivity (Wildman–Crippen MR) is 134 cm³/mol. The second-order valence-electron chi connectivity index (χ2n) is 9.53. The summed E-state index contributed by atoms with van der Waals surface area (Å²) in [6.07, 6.45) is 6.47. The van der Waals surface area contributed by atoms with Crippen LogP contribution in [0.25, 0.3) is 5.95 Å². The van der Waals surface area contributed by atoms with E-state index in [9.17, 15) is 9.50 Å². The van der Waals surface area contributed by atoms with Gasteiger partial charge in [-0.1, -0.05) is 6.08 Å². The van der Waals surface area contributed by atoms with E-state index in [-0.39, 0.29) is 18.0 Å². The standard InChI is InChI=1S/C25H29FN8O2/c1-16-17(11-28-34(16)25-29-23(27)10-24(30-25)32-13-20(35)14-32)3-2-6-31-7-8-33-19(12-31)15-36-22-5-4-18(26)9-21(22)33/h2,4-6,9-11,19-20,35H,3,7-8,12-15H2,1H3,(H2,27,29,30). The summed E-state index contributed by atoms with van der Waals surface area (Å²) in [6.45, 7) is 6.14. The molecule has 10 nitrogen and oxygen atoms in total. The lowest BCUT2D eigenvalue weighted by Gasteiger charge is -2.45. The molecule has 11 heteroatoms. The van der Waals surface area contributed by atoms with Crippen molar-refractivity contribution in [2.24, 2.45) is 0 Å². The highest BCUT2D eigenvalue weighted by molar-refractivity contribution is 5.61. The first-order valence-electron chi connectivity index (χ1n) is 12.2. The SMILES string of the molecule is Cc1c(CC=CN2CCN3c4cc(F)ccc4OCC3C2)cnn1-c1nc(N)cc(N2CC(O)C2)n1. The van der Waals surface area contributed by atoms with Crippen LogP contribution in [0.1, 0.15) is 11.3 Å². The van der Waals surface area contributed by atoms with Crippen LogP contribution < -0.4 is 20.3 Å². The lowest BCUT2D eigenvalue weighted by atomic mass is 10.1. The van der Waals surface area contributed by atoms with Crippen LogP contribution in [-0.2, 0) is 6.42 Å². The molecule has 3 aliphatic heterocycles. The fourth-order valence-electron chi connectivity index (χ4n) is 5.01. The molecular weight excluding hydrogens is 463 g/mol. The summed E-state index contributed by atoms with van der Waals surface area (Å²) in [4.78, 5) is 15.5. The van der Waals surface area contributed by atoms with Gasteiger partial charge in [0.2, 0.25) is 0 Å². The van der Waals surface area contributed by atoms with Gasteiger partial charge in [0.1, 0.15) is 29.8 Å². The Labute approximate surface area is 208 Å². The van der Waals surface area contributed by atoms with E-state index in [1.807, 2.05) is 18.0 Å². The number of fused-ring (bicyclic) bond motifs is 3. The fraction of sp³-hybridized carbons (Fsp3) is 0.400. The molecule has 5 heterocycles. The van der Waals surface area contributed by atoms with Gasteiger partial charge in [-0.15, -0.1) is 0 Å². The summed E-state index contributed by atoms with van der Waals surface area (Å²) >= 11 is 0. The van der Waals surface area contributed by atoms with Crippen molar-refractivity contribution in [1.29, 1.82) is 0 Å². The molecule has 0 saturated carbocycles. The van der Waals surface area contributed by atoms with Gasteiger partial charge < -0.3 is 30.3 Å². The highest BCUT2D eigenvalue weighted by atomic mass is 19.1. The van der Waals surface area contributed by atoms with Gasteiger partial charge in [0.05, 0.1) is 24.0 Å². The molecule has 36 heavy (non-hydrogen) atoms. The molecule has 1 unspecified atom stereocenters. The van der Waals surface area contributed by atoms with E-state index < -0.39 is 0 Å². The number of piperazine rings is 1. The van der Waals surface area contributed by atoms with Crippen molar-refractivity contribution in [3.8, 4) is 11.7 Å². The highest BCUT2D eigenvalue weighted by Gasteiger charge is 2.32. The first-order chi connectivity index (χ1) is 17.4. The van der Waals surface area contributed by atoms with Gasteiger partial charge in [0.25, 0.3) is 5.95 Å². The van der Waals surface area contributed by atoms with Gasteiger partial charge >= 0.3 is 0 Å². The quantitative estimate of drug-likeness (QED) is 0.548. The third-order valence-corrected chi connectivity index (χ3v) is 7.04. The minimum Gasteiger partial charge on any atom is -0.489 e. The van der Waals surface area contributed by atoms with Crippen molar-refractivity contribution in [3.63, 3.8) is 0 Å². The summed E-state index contributed by atoms with van der Waals surface area (Å²) in [5.41, 5.74) is 8.88. The third kappa shape index (κ3) is 4.19. The van der Waals surface area contributed by atoms with E-state index in [1.54, 1.807) is 22.9 Å². The van der Waals surface area contributed by atoms with Crippen molar-refractivity contribution < 1.29 is 14.2 Å². The zero-order valence-corrected chi connectivity index (χ0v) is 20.1. The van der Waals surface area contributed by atoms with Crippen LogP contribution in [0.4, 0.5) is 21.7 Å². The first kappa shape index (κ1) is 22.6. The summed E-state index contributed by atoms with van der Waals surface area (Å²) in [7, 11) is 0. The number of anilines is 3. The number of rotatable bonds is 5. The second-order valence-corrected chi connectivity index (χ2v) is 9.53. The van der Waals surface area contributed by atoms with Crippen molar-refractivity contribution in [2.45, 2.75) is 25.5 Å². The molecule has 0 spiro atoms. The molecule has 0 radical (unpaired) electrons. The largest absolute Gasteiger partial charge is 0.489 e. The van der Waals surface area contributed by atoms with Crippen molar-refractivity contribution in [3.05, 3.63) is 59.8 Å². The molecule has 2 fully saturated rings. The third-order valence-electron chi connectivity index (χ3n) is 7.04. The molecule has 3 N–H and O–H groups in total. The zero-order valence-electron chi connectivity index (χ0n) is 20.1. The first-order valence-corrected chi connectivity index (χ1v) is 12.2. The van der Waals surface area contributed by atoms with E-state index in [0.717, 1.165) is 48.7 Å². The average molecular weight is 493 g/mol. The van der Waals surface area contributed by atoms with Crippen LogP contribution in [0.3, 0.4) is 0 Å². The smallest absolute Gasteiger partial charge is 0.254 e. The Balaban J connectivity index is 1.11. The normalized spacial score (nSPS) is 19.8. The lowest BCUT2D eigenvalue weighted by molar-refractivity contribution is 0.141. The molecule has 1 aromatic carbocycles. The molecule has 0 amide bonds. The molecule has 2 aromatic heterocycles. The molecule has 3 aromatic rings. The number of nitrogens with zero attached hydrogens (tertiary/aromatic N) is 7. The monoisotopic (exact) mass is 492 g/mol.